The van der Waals surface area contributed by atoms with Gasteiger partial charge in [-0.25, -0.2) is 0 Å². The highest BCUT2D eigenvalue weighted by Gasteiger charge is 2.10. The fourth-order valence-corrected chi connectivity index (χ4v) is 3.29. The molecule has 6 heteroatoms. The fraction of sp³-hybridized carbons (Fsp3) is 0.0833. The molecular weight excluding hydrogens is 464 g/mol. The Bertz CT molecular complexity index is 1090. The fourth-order valence-electron chi connectivity index (χ4n) is 2.65. The van der Waals surface area contributed by atoms with E-state index in [1.165, 1.54) is 0 Å². The van der Waals surface area contributed by atoms with E-state index in [-0.39, 0.29) is 5.57 Å². The first-order valence-corrected chi connectivity index (χ1v) is 10.3. The van der Waals surface area contributed by atoms with Crippen molar-refractivity contribution >= 4 is 39.5 Å². The lowest BCUT2D eigenvalue weighted by Gasteiger charge is -2.09. The Morgan fingerprint density at radius 1 is 1.07 bits per heavy atom. The summed E-state index contributed by atoms with van der Waals surface area (Å²) in [6.45, 7) is 0.760. The summed E-state index contributed by atoms with van der Waals surface area (Å²) in [6, 6.07) is 24.3. The molecule has 0 spiro atoms. The van der Waals surface area contributed by atoms with E-state index >= 15 is 0 Å². The summed E-state index contributed by atoms with van der Waals surface area (Å²) in [6.07, 6.45) is 1.55. The topological polar surface area (TPSA) is 62.1 Å². The van der Waals surface area contributed by atoms with E-state index in [1.54, 1.807) is 24.3 Å². The average molecular weight is 482 g/mol. The third-order valence-corrected chi connectivity index (χ3v) is 5.11. The highest BCUT2D eigenvalue weighted by Crippen LogP contribution is 2.28. The van der Waals surface area contributed by atoms with E-state index in [1.807, 2.05) is 60.7 Å². The zero-order valence-corrected chi connectivity index (χ0v) is 18.3. The summed E-state index contributed by atoms with van der Waals surface area (Å²) in [5, 5.41) is 12.8. The first-order valence-electron chi connectivity index (χ1n) is 9.16. The van der Waals surface area contributed by atoms with Crippen LogP contribution < -0.4 is 10.1 Å². The van der Waals surface area contributed by atoms with Gasteiger partial charge >= 0.3 is 0 Å². The molecule has 0 saturated carbocycles. The standard InChI is InChI=1S/C24H18BrClN2O2/c25-22-13-19(8-11-23(22)30-16-18-6-9-21(26)10-7-18)12-20(14-27)24(29)28-15-17-4-2-1-3-5-17/h1-13H,15-16H2,(H,28,29)/b20-12-. The van der Waals surface area contributed by atoms with Gasteiger partial charge in [-0.1, -0.05) is 60.1 Å². The molecule has 4 nitrogen and oxygen atoms in total. The maximum Gasteiger partial charge on any atom is 0.262 e. The third kappa shape index (κ3) is 6.21. The molecule has 0 aliphatic carbocycles. The van der Waals surface area contributed by atoms with Crippen molar-refractivity contribution in [1.29, 1.82) is 5.26 Å². The van der Waals surface area contributed by atoms with Gasteiger partial charge in [0.05, 0.1) is 4.47 Å². The molecule has 3 aromatic rings. The van der Waals surface area contributed by atoms with Gasteiger partial charge in [0.15, 0.2) is 0 Å². The molecule has 0 aliphatic heterocycles. The number of carbonyl (C=O) groups excluding carboxylic acids is 1. The number of halogens is 2. The van der Waals surface area contributed by atoms with Gasteiger partial charge in [-0.05, 0) is 63.0 Å². The van der Waals surface area contributed by atoms with E-state index < -0.39 is 5.91 Å². The van der Waals surface area contributed by atoms with Gasteiger partial charge in [-0.15, -0.1) is 0 Å². The van der Waals surface area contributed by atoms with E-state index in [2.05, 4.69) is 21.2 Å². The predicted molar refractivity (Wildman–Crippen MR) is 122 cm³/mol. The van der Waals surface area contributed by atoms with Crippen LogP contribution in [0.4, 0.5) is 0 Å². The number of benzene rings is 3. The summed E-state index contributed by atoms with van der Waals surface area (Å²) in [7, 11) is 0. The molecule has 3 rings (SSSR count). The zero-order valence-electron chi connectivity index (χ0n) is 15.9. The number of ether oxygens (including phenoxy) is 1. The first kappa shape index (κ1) is 21.6. The van der Waals surface area contributed by atoms with E-state index in [4.69, 9.17) is 16.3 Å². The first-order chi connectivity index (χ1) is 14.5. The molecule has 0 aromatic heterocycles. The molecule has 0 radical (unpaired) electrons. The second-order valence-electron chi connectivity index (χ2n) is 6.44. The molecule has 30 heavy (non-hydrogen) atoms. The highest BCUT2D eigenvalue weighted by molar-refractivity contribution is 9.10. The van der Waals surface area contributed by atoms with Gasteiger partial charge in [0, 0.05) is 11.6 Å². The molecule has 1 amide bonds. The summed E-state index contributed by atoms with van der Waals surface area (Å²) in [4.78, 5) is 12.3. The van der Waals surface area contributed by atoms with Crippen molar-refractivity contribution in [2.45, 2.75) is 13.2 Å². The van der Waals surface area contributed by atoms with Gasteiger partial charge in [-0.2, -0.15) is 5.26 Å². The van der Waals surface area contributed by atoms with Crippen LogP contribution in [0.3, 0.4) is 0 Å². The monoisotopic (exact) mass is 480 g/mol. The second-order valence-corrected chi connectivity index (χ2v) is 7.73. The van der Waals surface area contributed by atoms with Gasteiger partial charge < -0.3 is 10.1 Å². The minimum atomic E-state index is -0.416. The van der Waals surface area contributed by atoms with Crippen molar-refractivity contribution in [2.24, 2.45) is 0 Å². The normalized spacial score (nSPS) is 10.9. The quantitative estimate of drug-likeness (QED) is 0.337. The summed E-state index contributed by atoms with van der Waals surface area (Å²) >= 11 is 9.38. The molecule has 0 atom stereocenters. The lowest BCUT2D eigenvalue weighted by atomic mass is 10.1. The average Bonchev–Trinajstić information content (AvgIpc) is 2.77. The Labute approximate surface area is 188 Å². The Kier molecular flexibility index (Phi) is 7.67. The number of nitrogens with zero attached hydrogens (tertiary/aromatic N) is 1. The van der Waals surface area contributed by atoms with Gasteiger partial charge in [0.1, 0.15) is 24.0 Å². The Morgan fingerprint density at radius 3 is 2.47 bits per heavy atom. The molecule has 0 heterocycles. The number of hydrogen-bond acceptors (Lipinski definition) is 3. The highest BCUT2D eigenvalue weighted by atomic mass is 79.9. The number of hydrogen-bond donors (Lipinski definition) is 1. The van der Waals surface area contributed by atoms with Gasteiger partial charge in [-0.3, -0.25) is 4.79 Å². The van der Waals surface area contributed by atoms with Crippen LogP contribution in [0, 0.1) is 11.3 Å². The molecular formula is C24H18BrClN2O2. The van der Waals surface area contributed by atoms with Crippen molar-refractivity contribution in [3.8, 4) is 11.8 Å². The predicted octanol–water partition coefficient (Wildman–Crippen LogP) is 5.90. The lowest BCUT2D eigenvalue weighted by molar-refractivity contribution is -0.117. The van der Waals surface area contributed by atoms with Crippen LogP contribution in [0.25, 0.3) is 6.08 Å². The largest absolute Gasteiger partial charge is 0.488 e. The van der Waals surface area contributed by atoms with Crippen LogP contribution in [0.5, 0.6) is 5.75 Å². The van der Waals surface area contributed by atoms with E-state index in [0.29, 0.717) is 29.5 Å². The van der Waals surface area contributed by atoms with Crippen LogP contribution in [-0.2, 0) is 17.9 Å². The van der Waals surface area contributed by atoms with Crippen LogP contribution >= 0.6 is 27.5 Å². The van der Waals surface area contributed by atoms with Crippen LogP contribution in [0.2, 0.25) is 5.02 Å². The summed E-state index contributed by atoms with van der Waals surface area (Å²) in [5.41, 5.74) is 2.71. The van der Waals surface area contributed by atoms with Crippen molar-refractivity contribution in [1.82, 2.24) is 5.32 Å². The van der Waals surface area contributed by atoms with Crippen LogP contribution in [0.15, 0.2) is 82.8 Å². The summed E-state index contributed by atoms with van der Waals surface area (Å²) < 4.78 is 6.56. The maximum absolute atomic E-state index is 12.3. The van der Waals surface area contributed by atoms with Crippen molar-refractivity contribution < 1.29 is 9.53 Å². The van der Waals surface area contributed by atoms with Gasteiger partial charge in [0.2, 0.25) is 0 Å². The minimum absolute atomic E-state index is 0.0349. The molecule has 0 bridgehead atoms. The number of nitrogens with one attached hydrogen (secondary N) is 1. The number of carbonyl (C=O) groups is 1. The number of rotatable bonds is 7. The molecule has 150 valence electrons. The molecule has 0 unspecified atom stereocenters. The molecule has 0 fully saturated rings. The molecule has 1 N–H and O–H groups in total. The van der Waals surface area contributed by atoms with E-state index in [9.17, 15) is 10.1 Å². The Morgan fingerprint density at radius 2 is 1.80 bits per heavy atom. The zero-order chi connectivity index (χ0) is 21.3. The Hall–Kier alpha value is -3.07. The number of amides is 1. The van der Waals surface area contributed by atoms with E-state index in [0.717, 1.165) is 15.6 Å². The maximum atomic E-state index is 12.3. The smallest absolute Gasteiger partial charge is 0.262 e. The molecule has 3 aromatic carbocycles. The van der Waals surface area contributed by atoms with Crippen molar-refractivity contribution in [3.63, 3.8) is 0 Å². The summed E-state index contributed by atoms with van der Waals surface area (Å²) in [5.74, 6) is 0.245. The molecule has 0 saturated heterocycles. The van der Waals surface area contributed by atoms with Gasteiger partial charge in [0.25, 0.3) is 5.91 Å². The lowest BCUT2D eigenvalue weighted by Crippen LogP contribution is -2.23. The van der Waals surface area contributed by atoms with Crippen molar-refractivity contribution in [2.75, 3.05) is 0 Å². The van der Waals surface area contributed by atoms with Crippen LogP contribution in [-0.4, -0.2) is 5.91 Å². The molecule has 0 aliphatic rings. The minimum Gasteiger partial charge on any atom is -0.488 e. The third-order valence-electron chi connectivity index (χ3n) is 4.24. The van der Waals surface area contributed by atoms with Crippen LogP contribution in [0.1, 0.15) is 16.7 Å². The van der Waals surface area contributed by atoms with Crippen molar-refractivity contribution in [3.05, 3.63) is 105 Å². The second kappa shape index (κ2) is 10.6. The SMILES string of the molecule is N#C/C(=C/c1ccc(OCc2ccc(Cl)cc2)c(Br)c1)C(=O)NCc1ccccc1. The Balaban J connectivity index is 1.64. The number of nitriles is 1.